The van der Waals surface area contributed by atoms with Crippen LogP contribution in [0.3, 0.4) is 0 Å². The summed E-state index contributed by atoms with van der Waals surface area (Å²) in [6.45, 7) is 2.96. The van der Waals surface area contributed by atoms with Crippen molar-refractivity contribution in [3.05, 3.63) is 35.9 Å². The summed E-state index contributed by atoms with van der Waals surface area (Å²) >= 11 is 0. The average molecular weight is 260 g/mol. The monoisotopic (exact) mass is 260 g/mol. The van der Waals surface area contributed by atoms with Crippen molar-refractivity contribution in [2.45, 2.75) is 25.0 Å². The minimum atomic E-state index is 0.0142. The molecule has 2 aliphatic heterocycles. The van der Waals surface area contributed by atoms with Crippen molar-refractivity contribution in [1.29, 1.82) is 0 Å². The van der Waals surface area contributed by atoms with Gasteiger partial charge in [0.1, 0.15) is 6.10 Å². The maximum Gasteiger partial charge on any atom is 0.239 e. The second-order valence-electron chi connectivity index (χ2n) is 5.20. The second-order valence-corrected chi connectivity index (χ2v) is 5.20. The van der Waals surface area contributed by atoms with Crippen LogP contribution in [0.2, 0.25) is 0 Å². The lowest BCUT2D eigenvalue weighted by Crippen LogP contribution is -2.49. The van der Waals surface area contributed by atoms with Crippen molar-refractivity contribution in [1.82, 2.24) is 10.2 Å². The standard InChI is InChI=1S/C15H20N2O2/c18-15(13-7-4-8-16-13)17-9-10-19-14(11-17)12-5-2-1-3-6-12/h1-3,5-6,13-14,16H,4,7-11H2/t13-,14-/m0/s1. The Morgan fingerprint density at radius 1 is 1.32 bits per heavy atom. The Bertz CT molecular complexity index is 429. The summed E-state index contributed by atoms with van der Waals surface area (Å²) in [5.41, 5.74) is 1.15. The number of benzene rings is 1. The van der Waals surface area contributed by atoms with E-state index in [1.807, 2.05) is 23.1 Å². The van der Waals surface area contributed by atoms with E-state index in [1.165, 1.54) is 0 Å². The Kier molecular flexibility index (Phi) is 3.80. The van der Waals surface area contributed by atoms with Gasteiger partial charge < -0.3 is 15.0 Å². The Hall–Kier alpha value is -1.39. The molecule has 19 heavy (non-hydrogen) atoms. The molecule has 2 heterocycles. The van der Waals surface area contributed by atoms with E-state index in [9.17, 15) is 4.79 Å². The number of ether oxygens (including phenoxy) is 1. The van der Waals surface area contributed by atoms with Gasteiger partial charge in [-0.1, -0.05) is 30.3 Å². The maximum atomic E-state index is 12.4. The number of hydrogen-bond donors (Lipinski definition) is 1. The number of nitrogens with zero attached hydrogens (tertiary/aromatic N) is 1. The molecule has 1 aromatic rings. The van der Waals surface area contributed by atoms with Gasteiger partial charge in [0.15, 0.2) is 0 Å². The molecule has 2 aliphatic rings. The molecule has 0 unspecified atom stereocenters. The highest BCUT2D eigenvalue weighted by atomic mass is 16.5. The van der Waals surface area contributed by atoms with Crippen LogP contribution < -0.4 is 5.32 Å². The third kappa shape index (κ3) is 2.80. The van der Waals surface area contributed by atoms with Crippen LogP contribution in [-0.4, -0.2) is 43.1 Å². The molecule has 0 aliphatic carbocycles. The van der Waals surface area contributed by atoms with E-state index in [-0.39, 0.29) is 18.1 Å². The van der Waals surface area contributed by atoms with E-state index in [2.05, 4.69) is 17.4 Å². The van der Waals surface area contributed by atoms with E-state index >= 15 is 0 Å². The minimum absolute atomic E-state index is 0.0142. The van der Waals surface area contributed by atoms with E-state index < -0.39 is 0 Å². The molecule has 2 atom stereocenters. The lowest BCUT2D eigenvalue weighted by molar-refractivity contribution is -0.140. The Balaban J connectivity index is 1.66. The summed E-state index contributed by atoms with van der Waals surface area (Å²) in [5, 5.41) is 3.28. The van der Waals surface area contributed by atoms with Gasteiger partial charge in [0.2, 0.25) is 5.91 Å². The Morgan fingerprint density at radius 2 is 2.16 bits per heavy atom. The summed E-state index contributed by atoms with van der Waals surface area (Å²) in [6, 6.07) is 10.2. The normalized spacial score (nSPS) is 27.5. The number of rotatable bonds is 2. The van der Waals surface area contributed by atoms with Crippen molar-refractivity contribution in [2.24, 2.45) is 0 Å². The highest BCUT2D eigenvalue weighted by Gasteiger charge is 2.31. The number of carbonyl (C=O) groups is 1. The first-order valence-corrected chi connectivity index (χ1v) is 7.03. The molecule has 2 fully saturated rings. The van der Waals surface area contributed by atoms with Gasteiger partial charge in [-0.05, 0) is 24.9 Å². The van der Waals surface area contributed by atoms with Crippen molar-refractivity contribution in [3.8, 4) is 0 Å². The molecule has 1 N–H and O–H groups in total. The average Bonchev–Trinajstić information content (AvgIpc) is 3.02. The number of morpholine rings is 1. The predicted octanol–water partition coefficient (Wildman–Crippen LogP) is 1.34. The Labute approximate surface area is 113 Å². The summed E-state index contributed by atoms with van der Waals surface area (Å²) in [5.74, 6) is 0.238. The van der Waals surface area contributed by atoms with Gasteiger partial charge in [-0.25, -0.2) is 0 Å². The van der Waals surface area contributed by atoms with Crippen LogP contribution >= 0.6 is 0 Å². The zero-order chi connectivity index (χ0) is 13.1. The number of carbonyl (C=O) groups excluding carboxylic acids is 1. The lowest BCUT2D eigenvalue weighted by Gasteiger charge is -2.34. The number of nitrogens with one attached hydrogen (secondary N) is 1. The molecular formula is C15H20N2O2. The van der Waals surface area contributed by atoms with Gasteiger partial charge in [-0.2, -0.15) is 0 Å². The summed E-state index contributed by atoms with van der Waals surface area (Å²) in [6.07, 6.45) is 2.08. The Morgan fingerprint density at radius 3 is 2.89 bits per heavy atom. The van der Waals surface area contributed by atoms with Crippen LogP contribution in [0.25, 0.3) is 0 Å². The third-order valence-corrected chi connectivity index (χ3v) is 3.91. The van der Waals surface area contributed by atoms with Gasteiger partial charge in [-0.15, -0.1) is 0 Å². The van der Waals surface area contributed by atoms with Crippen LogP contribution in [-0.2, 0) is 9.53 Å². The van der Waals surface area contributed by atoms with Gasteiger partial charge in [-0.3, -0.25) is 4.79 Å². The zero-order valence-corrected chi connectivity index (χ0v) is 11.0. The SMILES string of the molecule is O=C([C@@H]1CCCN1)N1CCO[C@H](c2ccccc2)C1. The first kappa shape index (κ1) is 12.6. The van der Waals surface area contributed by atoms with Crippen LogP contribution in [0.15, 0.2) is 30.3 Å². The molecule has 0 spiro atoms. The van der Waals surface area contributed by atoms with Crippen molar-refractivity contribution >= 4 is 5.91 Å². The smallest absolute Gasteiger partial charge is 0.239 e. The van der Waals surface area contributed by atoms with Crippen LogP contribution in [0.4, 0.5) is 0 Å². The molecule has 1 amide bonds. The highest BCUT2D eigenvalue weighted by Crippen LogP contribution is 2.23. The van der Waals surface area contributed by atoms with Gasteiger partial charge in [0.25, 0.3) is 0 Å². The third-order valence-electron chi connectivity index (χ3n) is 3.91. The summed E-state index contributed by atoms with van der Waals surface area (Å²) in [4.78, 5) is 14.3. The van der Waals surface area contributed by atoms with E-state index in [1.54, 1.807) is 0 Å². The predicted molar refractivity (Wildman–Crippen MR) is 72.7 cm³/mol. The van der Waals surface area contributed by atoms with Crippen LogP contribution in [0.5, 0.6) is 0 Å². The molecule has 0 saturated carbocycles. The summed E-state index contributed by atoms with van der Waals surface area (Å²) in [7, 11) is 0. The lowest BCUT2D eigenvalue weighted by atomic mass is 10.1. The van der Waals surface area contributed by atoms with E-state index in [4.69, 9.17) is 4.74 Å². The van der Waals surface area contributed by atoms with Gasteiger partial charge in [0, 0.05) is 6.54 Å². The van der Waals surface area contributed by atoms with Crippen molar-refractivity contribution < 1.29 is 9.53 Å². The quantitative estimate of drug-likeness (QED) is 0.872. The molecular weight excluding hydrogens is 240 g/mol. The molecule has 4 heteroatoms. The number of amides is 1. The van der Waals surface area contributed by atoms with E-state index in [0.717, 1.165) is 24.9 Å². The van der Waals surface area contributed by atoms with Gasteiger partial charge in [0.05, 0.1) is 19.2 Å². The van der Waals surface area contributed by atoms with Crippen LogP contribution in [0, 0.1) is 0 Å². The minimum Gasteiger partial charge on any atom is -0.370 e. The highest BCUT2D eigenvalue weighted by molar-refractivity contribution is 5.82. The molecule has 1 aromatic carbocycles. The number of hydrogen-bond acceptors (Lipinski definition) is 3. The molecule has 102 valence electrons. The van der Waals surface area contributed by atoms with E-state index in [0.29, 0.717) is 19.7 Å². The fourth-order valence-corrected chi connectivity index (χ4v) is 2.83. The van der Waals surface area contributed by atoms with Crippen molar-refractivity contribution in [2.75, 3.05) is 26.2 Å². The molecule has 3 rings (SSSR count). The molecule has 0 radical (unpaired) electrons. The van der Waals surface area contributed by atoms with Crippen molar-refractivity contribution in [3.63, 3.8) is 0 Å². The zero-order valence-electron chi connectivity index (χ0n) is 11.0. The maximum absolute atomic E-state index is 12.4. The first-order valence-electron chi connectivity index (χ1n) is 7.03. The molecule has 2 saturated heterocycles. The molecule has 0 aromatic heterocycles. The van der Waals surface area contributed by atoms with Crippen LogP contribution in [0.1, 0.15) is 24.5 Å². The topological polar surface area (TPSA) is 41.6 Å². The van der Waals surface area contributed by atoms with Gasteiger partial charge >= 0.3 is 0 Å². The molecule has 4 nitrogen and oxygen atoms in total. The fraction of sp³-hybridized carbons (Fsp3) is 0.533. The summed E-state index contributed by atoms with van der Waals surface area (Å²) < 4.78 is 5.79. The second kappa shape index (κ2) is 5.72. The molecule has 0 bridgehead atoms. The largest absolute Gasteiger partial charge is 0.370 e. The fourth-order valence-electron chi connectivity index (χ4n) is 2.83. The first-order chi connectivity index (χ1) is 9.34.